The van der Waals surface area contributed by atoms with Crippen molar-refractivity contribution < 1.29 is 28.2 Å². The molecule has 0 fully saturated rings. The van der Waals surface area contributed by atoms with E-state index in [-0.39, 0.29) is 28.5 Å². The summed E-state index contributed by atoms with van der Waals surface area (Å²) in [5.41, 5.74) is -0.458. The molecule has 2 aromatic rings. The third kappa shape index (κ3) is 5.00. The Morgan fingerprint density at radius 2 is 1.90 bits per heavy atom. The number of halogens is 2. The molecule has 0 aliphatic carbocycles. The molecule has 0 bridgehead atoms. The summed E-state index contributed by atoms with van der Waals surface area (Å²) < 4.78 is 30.6. The molecule has 1 N–H and O–H groups in total. The maximum atomic E-state index is 12.5. The number of amides is 1. The Bertz CT molecular complexity index is 962. The van der Waals surface area contributed by atoms with Crippen LogP contribution in [-0.4, -0.2) is 38.6 Å². The molecule has 2 rings (SSSR count). The van der Waals surface area contributed by atoms with Crippen LogP contribution >= 0.6 is 0 Å². The second kappa shape index (κ2) is 8.58. The number of aryl methyl sites for hydroxylation is 1. The third-order valence-corrected chi connectivity index (χ3v) is 3.96. The van der Waals surface area contributed by atoms with Gasteiger partial charge >= 0.3 is 5.69 Å². The van der Waals surface area contributed by atoms with Crippen LogP contribution in [0.25, 0.3) is 0 Å². The van der Waals surface area contributed by atoms with Crippen molar-refractivity contribution in [3.05, 3.63) is 49.8 Å². The zero-order valence-corrected chi connectivity index (χ0v) is 15.6. The molecule has 1 heterocycles. The van der Waals surface area contributed by atoms with Crippen molar-refractivity contribution in [1.82, 2.24) is 9.78 Å². The summed E-state index contributed by atoms with van der Waals surface area (Å²) >= 11 is 0. The second-order valence-corrected chi connectivity index (χ2v) is 6.06. The quantitative estimate of drug-likeness (QED) is 0.517. The number of rotatable bonds is 8. The highest BCUT2D eigenvalue weighted by Gasteiger charge is 2.27. The van der Waals surface area contributed by atoms with Crippen LogP contribution in [0.2, 0.25) is 0 Å². The number of aromatic nitrogens is 2. The van der Waals surface area contributed by atoms with Gasteiger partial charge in [0.15, 0.2) is 0 Å². The molecule has 1 amide bonds. The first-order valence-corrected chi connectivity index (χ1v) is 8.22. The molecule has 1 aromatic carbocycles. The number of benzene rings is 1. The van der Waals surface area contributed by atoms with Gasteiger partial charge in [-0.25, -0.2) is 8.78 Å². The highest BCUT2D eigenvalue weighted by Crippen LogP contribution is 2.28. The first kappa shape index (κ1) is 21.7. The van der Waals surface area contributed by atoms with E-state index >= 15 is 0 Å². The number of alkyl halides is 2. The predicted octanol–water partition coefficient (Wildman–Crippen LogP) is 3.16. The number of ether oxygens (including phenoxy) is 1. The summed E-state index contributed by atoms with van der Waals surface area (Å²) in [4.78, 5) is 33.3. The van der Waals surface area contributed by atoms with Gasteiger partial charge < -0.3 is 10.1 Å². The smallest absolute Gasteiger partial charge is 0.312 e. The van der Waals surface area contributed by atoms with Crippen LogP contribution in [-0.2, 0) is 4.79 Å². The number of nitro groups is 2. The molecule has 1 atom stereocenters. The van der Waals surface area contributed by atoms with Crippen LogP contribution in [0.15, 0.2) is 18.2 Å². The number of nitrogens with one attached hydrogen (secondary N) is 1. The molecule has 11 nitrogen and oxygen atoms in total. The van der Waals surface area contributed by atoms with Crippen molar-refractivity contribution in [3.8, 4) is 5.75 Å². The monoisotopic (exact) mass is 413 g/mol. The van der Waals surface area contributed by atoms with Gasteiger partial charge in [-0.05, 0) is 20.8 Å². The van der Waals surface area contributed by atoms with Crippen LogP contribution in [0, 0.1) is 34.1 Å². The predicted molar refractivity (Wildman–Crippen MR) is 96.3 cm³/mol. The first-order valence-electron chi connectivity index (χ1n) is 8.22. The van der Waals surface area contributed by atoms with Crippen molar-refractivity contribution in [2.75, 3.05) is 11.9 Å². The molecule has 156 valence electrons. The van der Waals surface area contributed by atoms with Gasteiger partial charge in [0.05, 0.1) is 21.6 Å². The lowest BCUT2D eigenvalue weighted by molar-refractivity contribution is -0.386. The summed E-state index contributed by atoms with van der Waals surface area (Å²) in [5, 5.41) is 28.6. The summed E-state index contributed by atoms with van der Waals surface area (Å²) in [6, 6.07) is 2.14. The van der Waals surface area contributed by atoms with Gasteiger partial charge in [0.1, 0.15) is 29.8 Å². The lowest BCUT2D eigenvalue weighted by atomic mass is 10.2. The largest absolute Gasteiger partial charge is 0.487 e. The Hall–Kier alpha value is -3.64. The normalized spacial score (nSPS) is 11.9. The van der Waals surface area contributed by atoms with Crippen LogP contribution in [0.5, 0.6) is 5.75 Å². The summed E-state index contributed by atoms with van der Waals surface area (Å²) in [6.07, 6.45) is -2.78. The fourth-order valence-corrected chi connectivity index (χ4v) is 2.66. The van der Waals surface area contributed by atoms with Crippen LogP contribution in [0.4, 0.5) is 25.8 Å². The van der Waals surface area contributed by atoms with E-state index in [9.17, 15) is 33.8 Å². The van der Waals surface area contributed by atoms with E-state index in [1.807, 2.05) is 0 Å². The Morgan fingerprint density at radius 1 is 1.24 bits per heavy atom. The van der Waals surface area contributed by atoms with E-state index in [1.165, 1.54) is 20.8 Å². The topological polar surface area (TPSA) is 142 Å². The highest BCUT2D eigenvalue weighted by molar-refractivity contribution is 5.94. The van der Waals surface area contributed by atoms with Gasteiger partial charge in [0.25, 0.3) is 12.1 Å². The Morgan fingerprint density at radius 3 is 2.41 bits per heavy atom. The number of carbonyl (C=O) groups is 1. The average molecular weight is 413 g/mol. The van der Waals surface area contributed by atoms with Crippen molar-refractivity contribution >= 4 is 23.0 Å². The fraction of sp³-hybridized carbons (Fsp3) is 0.375. The van der Waals surface area contributed by atoms with Crippen molar-refractivity contribution in [2.24, 2.45) is 0 Å². The van der Waals surface area contributed by atoms with E-state index in [0.717, 1.165) is 22.9 Å². The van der Waals surface area contributed by atoms with Gasteiger partial charge in [-0.2, -0.15) is 5.10 Å². The van der Waals surface area contributed by atoms with E-state index in [1.54, 1.807) is 0 Å². The molecule has 0 radical (unpaired) electrons. The number of anilines is 1. The van der Waals surface area contributed by atoms with Crippen LogP contribution in [0.3, 0.4) is 0 Å². The van der Waals surface area contributed by atoms with Gasteiger partial charge in [-0.1, -0.05) is 0 Å². The molecule has 13 heteroatoms. The molecular weight excluding hydrogens is 396 g/mol. The number of hydrogen-bond donors (Lipinski definition) is 1. The third-order valence-electron chi connectivity index (χ3n) is 3.96. The fourth-order valence-electron chi connectivity index (χ4n) is 2.66. The SMILES string of the molecule is Cc1nn(C(C)C(=O)Nc2cc(OCC(F)F)cc([N+](=O)[O-])c2)c(C)c1[N+](=O)[O-]. The zero-order valence-electron chi connectivity index (χ0n) is 15.6. The van der Waals surface area contributed by atoms with Crippen molar-refractivity contribution in [3.63, 3.8) is 0 Å². The summed E-state index contributed by atoms with van der Waals surface area (Å²) in [6.45, 7) is 3.33. The number of carbonyl (C=O) groups excluding carboxylic acids is 1. The number of nitrogens with zero attached hydrogens (tertiary/aromatic N) is 4. The van der Waals surface area contributed by atoms with Gasteiger partial charge in [-0.3, -0.25) is 29.7 Å². The molecule has 29 heavy (non-hydrogen) atoms. The molecule has 1 aromatic heterocycles. The van der Waals surface area contributed by atoms with Gasteiger partial charge in [0, 0.05) is 12.1 Å². The maximum absolute atomic E-state index is 12.5. The molecule has 0 aliphatic rings. The second-order valence-electron chi connectivity index (χ2n) is 6.06. The zero-order chi connectivity index (χ0) is 21.9. The molecular formula is C16H17F2N5O6. The van der Waals surface area contributed by atoms with E-state index < -0.39 is 40.5 Å². The lowest BCUT2D eigenvalue weighted by Crippen LogP contribution is -2.25. The first-order chi connectivity index (χ1) is 13.5. The standard InChI is InChI=1S/C16H17F2N5O6/c1-8-15(23(27)28)9(2)21(20-8)10(3)16(24)19-11-4-12(22(25)26)6-13(5-11)29-7-14(17)18/h4-6,10,14H,7H2,1-3H3,(H,19,24). The van der Waals surface area contributed by atoms with E-state index in [4.69, 9.17) is 4.74 Å². The molecule has 0 saturated heterocycles. The average Bonchev–Trinajstić information content (AvgIpc) is 2.93. The minimum Gasteiger partial charge on any atom is -0.487 e. The summed E-state index contributed by atoms with van der Waals surface area (Å²) in [5.74, 6) is -0.894. The number of hydrogen-bond acceptors (Lipinski definition) is 7. The molecule has 0 aliphatic heterocycles. The Balaban J connectivity index is 2.28. The Kier molecular flexibility index (Phi) is 6.41. The maximum Gasteiger partial charge on any atom is 0.312 e. The lowest BCUT2D eigenvalue weighted by Gasteiger charge is -2.15. The van der Waals surface area contributed by atoms with Crippen molar-refractivity contribution in [1.29, 1.82) is 0 Å². The molecule has 0 saturated carbocycles. The van der Waals surface area contributed by atoms with Crippen molar-refractivity contribution in [2.45, 2.75) is 33.2 Å². The van der Waals surface area contributed by atoms with E-state index in [2.05, 4.69) is 10.4 Å². The van der Waals surface area contributed by atoms with Gasteiger partial charge in [0.2, 0.25) is 5.91 Å². The van der Waals surface area contributed by atoms with Crippen LogP contribution in [0.1, 0.15) is 24.4 Å². The molecule has 0 spiro atoms. The highest BCUT2D eigenvalue weighted by atomic mass is 19.3. The number of non-ortho nitro benzene ring substituents is 1. The number of nitro benzene ring substituents is 1. The summed E-state index contributed by atoms with van der Waals surface area (Å²) in [7, 11) is 0. The van der Waals surface area contributed by atoms with Crippen LogP contribution < -0.4 is 10.1 Å². The molecule has 1 unspecified atom stereocenters. The Labute approximate surface area is 162 Å². The van der Waals surface area contributed by atoms with E-state index in [0.29, 0.717) is 0 Å². The van der Waals surface area contributed by atoms with Gasteiger partial charge in [-0.15, -0.1) is 0 Å². The minimum atomic E-state index is -2.78. The minimum absolute atomic E-state index is 0.0589.